The lowest BCUT2D eigenvalue weighted by Gasteiger charge is -2.29. The van der Waals surface area contributed by atoms with Gasteiger partial charge in [0.05, 0.1) is 33.0 Å². The predicted octanol–water partition coefficient (Wildman–Crippen LogP) is 6.26. The second kappa shape index (κ2) is 10.2. The molecule has 4 aromatic rings. The summed E-state index contributed by atoms with van der Waals surface area (Å²) in [6, 6.07) is 28.8. The zero-order valence-corrected chi connectivity index (χ0v) is 21.8. The van der Waals surface area contributed by atoms with Crippen LogP contribution in [0.15, 0.2) is 103 Å². The highest BCUT2D eigenvalue weighted by atomic mass is 35.5. The zero-order valence-electron chi connectivity index (χ0n) is 20.2. The Morgan fingerprint density at radius 2 is 1.41 bits per heavy atom. The van der Waals surface area contributed by atoms with Gasteiger partial charge in [0.25, 0.3) is 5.91 Å². The predicted molar refractivity (Wildman–Crippen MR) is 147 cm³/mol. The zero-order chi connectivity index (χ0) is 27.1. The molecule has 2 saturated heterocycles. The lowest BCUT2D eigenvalue weighted by Crippen LogP contribution is -2.37. The Morgan fingerprint density at radius 1 is 0.744 bits per heavy atom. The van der Waals surface area contributed by atoms with Crippen molar-refractivity contribution in [3.8, 4) is 5.75 Å². The number of halogens is 2. The molecular weight excluding hydrogens is 539 g/mol. The van der Waals surface area contributed by atoms with Crippen LogP contribution >= 0.6 is 23.2 Å². The van der Waals surface area contributed by atoms with E-state index in [1.807, 2.05) is 36.4 Å². The largest absolute Gasteiger partial charge is 0.423 e. The molecule has 9 heteroatoms. The van der Waals surface area contributed by atoms with E-state index in [-0.39, 0.29) is 5.02 Å². The third kappa shape index (κ3) is 4.55. The molecular formula is C30H20Cl2N2O5. The summed E-state index contributed by atoms with van der Waals surface area (Å²) >= 11 is 12.2. The Bertz CT molecular complexity index is 1560. The number of anilines is 2. The van der Waals surface area contributed by atoms with E-state index in [0.717, 1.165) is 4.90 Å². The van der Waals surface area contributed by atoms with Crippen LogP contribution in [0.2, 0.25) is 10.0 Å². The molecule has 0 unspecified atom stereocenters. The van der Waals surface area contributed by atoms with Crippen LogP contribution in [0.4, 0.5) is 11.4 Å². The number of amides is 2. The number of hydroxylamine groups is 1. The van der Waals surface area contributed by atoms with Gasteiger partial charge in [-0.2, -0.15) is 0 Å². The average molecular weight is 559 g/mol. The van der Waals surface area contributed by atoms with Gasteiger partial charge in [0, 0.05) is 0 Å². The van der Waals surface area contributed by atoms with E-state index in [2.05, 4.69) is 0 Å². The molecule has 0 radical (unpaired) electrons. The highest BCUT2D eigenvalue weighted by molar-refractivity contribution is 6.42. The molecule has 2 aliphatic rings. The number of rotatable bonds is 5. The Hall–Kier alpha value is -4.17. The van der Waals surface area contributed by atoms with Gasteiger partial charge in [0.1, 0.15) is 11.7 Å². The summed E-state index contributed by atoms with van der Waals surface area (Å²) in [7, 11) is 0. The molecule has 0 aliphatic carbocycles. The van der Waals surface area contributed by atoms with Crippen LogP contribution in [0.1, 0.15) is 22.0 Å². The Balaban J connectivity index is 1.33. The molecule has 2 heterocycles. The van der Waals surface area contributed by atoms with E-state index in [9.17, 15) is 14.4 Å². The van der Waals surface area contributed by atoms with Gasteiger partial charge in [-0.25, -0.2) is 14.8 Å². The number of para-hydroxylation sites is 1. The van der Waals surface area contributed by atoms with E-state index in [4.69, 9.17) is 32.8 Å². The number of imide groups is 1. The van der Waals surface area contributed by atoms with Gasteiger partial charge in [-0.1, -0.05) is 71.7 Å². The third-order valence-corrected chi connectivity index (χ3v) is 7.47. The highest BCUT2D eigenvalue weighted by Crippen LogP contribution is 2.48. The molecule has 39 heavy (non-hydrogen) atoms. The van der Waals surface area contributed by atoms with Gasteiger partial charge in [0.2, 0.25) is 5.91 Å². The Labute approximate surface area is 234 Å². The summed E-state index contributed by atoms with van der Waals surface area (Å²) in [5.74, 6) is -1.86. The van der Waals surface area contributed by atoms with Gasteiger partial charge in [0.15, 0.2) is 6.10 Å². The maximum Gasteiger partial charge on any atom is 0.343 e. The van der Waals surface area contributed by atoms with Crippen LogP contribution in [0.25, 0.3) is 0 Å². The summed E-state index contributed by atoms with van der Waals surface area (Å²) in [6.07, 6.45) is -1.03. The first-order chi connectivity index (χ1) is 18.9. The number of benzene rings is 4. The van der Waals surface area contributed by atoms with E-state index >= 15 is 0 Å². The minimum absolute atomic E-state index is 0.232. The summed E-state index contributed by atoms with van der Waals surface area (Å²) in [5, 5.41) is 2.15. The summed E-state index contributed by atoms with van der Waals surface area (Å²) in [5.41, 5.74) is 2.16. The van der Waals surface area contributed by atoms with Crippen molar-refractivity contribution >= 4 is 52.4 Å². The van der Waals surface area contributed by atoms with Crippen molar-refractivity contribution in [2.75, 3.05) is 9.96 Å². The molecule has 7 nitrogen and oxygen atoms in total. The maximum absolute atomic E-state index is 13.8. The maximum atomic E-state index is 13.8. The standard InChI is InChI=1S/C30H20Cl2N2O5/c31-23-16-13-21(17-24(23)32)33-28(35)25-26(34(39-27(25)29(33)36)20-9-5-2-6-10-20)18-11-14-22(15-12-18)38-30(37)19-7-3-1-4-8-19/h1-17,25-27H/t25-,26+,27-/m0/s1. The number of hydrogen-bond acceptors (Lipinski definition) is 6. The topological polar surface area (TPSA) is 76.2 Å². The molecule has 0 bridgehead atoms. The van der Waals surface area contributed by atoms with Crippen LogP contribution in [-0.2, 0) is 14.4 Å². The number of hydrogen-bond donors (Lipinski definition) is 0. The van der Waals surface area contributed by atoms with Crippen molar-refractivity contribution in [3.05, 3.63) is 124 Å². The van der Waals surface area contributed by atoms with Crippen molar-refractivity contribution in [3.63, 3.8) is 0 Å². The Morgan fingerprint density at radius 3 is 2.08 bits per heavy atom. The lowest BCUT2D eigenvalue weighted by molar-refractivity contribution is -0.126. The fourth-order valence-electron chi connectivity index (χ4n) is 4.90. The normalized spacial score (nSPS) is 20.3. The minimum atomic E-state index is -1.03. The van der Waals surface area contributed by atoms with Gasteiger partial charge < -0.3 is 4.74 Å². The molecule has 6 rings (SSSR count). The lowest BCUT2D eigenvalue weighted by atomic mass is 9.90. The van der Waals surface area contributed by atoms with Crippen molar-refractivity contribution in [1.82, 2.24) is 0 Å². The van der Waals surface area contributed by atoms with E-state index < -0.39 is 35.8 Å². The van der Waals surface area contributed by atoms with Crippen LogP contribution in [-0.4, -0.2) is 23.9 Å². The highest BCUT2D eigenvalue weighted by Gasteiger charge is 2.60. The van der Waals surface area contributed by atoms with E-state index in [0.29, 0.717) is 33.3 Å². The second-order valence-corrected chi connectivity index (χ2v) is 9.91. The van der Waals surface area contributed by atoms with Gasteiger partial charge in [-0.05, 0) is 60.2 Å². The fourth-order valence-corrected chi connectivity index (χ4v) is 5.20. The van der Waals surface area contributed by atoms with Crippen LogP contribution in [0, 0.1) is 5.92 Å². The Kier molecular flexibility index (Phi) is 6.56. The summed E-state index contributed by atoms with van der Waals surface area (Å²) in [4.78, 5) is 47.0. The van der Waals surface area contributed by atoms with Crippen LogP contribution < -0.4 is 14.7 Å². The third-order valence-electron chi connectivity index (χ3n) is 6.73. The molecule has 4 aromatic carbocycles. The molecule has 0 spiro atoms. The quantitative estimate of drug-likeness (QED) is 0.163. The van der Waals surface area contributed by atoms with Crippen molar-refractivity contribution in [2.45, 2.75) is 12.1 Å². The average Bonchev–Trinajstić information content (AvgIpc) is 3.47. The first kappa shape index (κ1) is 25.1. The summed E-state index contributed by atoms with van der Waals surface area (Å²) < 4.78 is 5.51. The smallest absolute Gasteiger partial charge is 0.343 e. The summed E-state index contributed by atoms with van der Waals surface area (Å²) in [6.45, 7) is 0. The number of fused-ring (bicyclic) bond motifs is 1. The molecule has 0 aromatic heterocycles. The molecule has 0 N–H and O–H groups in total. The van der Waals surface area contributed by atoms with Gasteiger partial charge in [-0.3, -0.25) is 14.4 Å². The molecule has 3 atom stereocenters. The van der Waals surface area contributed by atoms with Crippen LogP contribution in [0.5, 0.6) is 5.75 Å². The first-order valence-corrected chi connectivity index (χ1v) is 12.9. The van der Waals surface area contributed by atoms with E-state index in [1.165, 1.54) is 12.1 Å². The molecule has 2 aliphatic heterocycles. The second-order valence-electron chi connectivity index (χ2n) is 9.09. The van der Waals surface area contributed by atoms with Crippen molar-refractivity contribution in [2.24, 2.45) is 5.92 Å². The number of ether oxygens (including phenoxy) is 1. The van der Waals surface area contributed by atoms with Crippen molar-refractivity contribution in [1.29, 1.82) is 0 Å². The monoisotopic (exact) mass is 558 g/mol. The molecule has 2 fully saturated rings. The number of esters is 1. The molecule has 194 valence electrons. The van der Waals surface area contributed by atoms with Gasteiger partial charge in [-0.15, -0.1) is 0 Å². The van der Waals surface area contributed by atoms with E-state index in [1.54, 1.807) is 59.7 Å². The fraction of sp³-hybridized carbons (Fsp3) is 0.100. The van der Waals surface area contributed by atoms with Crippen molar-refractivity contribution < 1.29 is 24.0 Å². The first-order valence-electron chi connectivity index (χ1n) is 12.1. The van der Waals surface area contributed by atoms with Crippen LogP contribution in [0.3, 0.4) is 0 Å². The molecule has 0 saturated carbocycles. The number of nitrogens with zero attached hydrogens (tertiary/aromatic N) is 2. The minimum Gasteiger partial charge on any atom is -0.423 e. The number of carbonyl (C=O) groups excluding carboxylic acids is 3. The van der Waals surface area contributed by atoms with Gasteiger partial charge >= 0.3 is 5.97 Å². The SMILES string of the molecule is O=C(Oc1ccc([C@@H]2[C@@H]3C(=O)N(c4ccc(Cl)c(Cl)c4)C(=O)[C@H]3ON2c2ccccc2)cc1)c1ccccc1. The number of carbonyl (C=O) groups is 3. The molecule has 2 amide bonds.